The Morgan fingerprint density at radius 1 is 0.758 bits per heavy atom. The van der Waals surface area contributed by atoms with E-state index in [1.165, 1.54) is 0 Å². The summed E-state index contributed by atoms with van der Waals surface area (Å²) in [7, 11) is 6.48. The molecule has 1 aliphatic rings. The Kier molecular flexibility index (Phi) is 7.82. The number of aryl methyl sites for hydroxylation is 2. The number of nitrogens with zero attached hydrogens (tertiary/aromatic N) is 1. The molecular weight excluding hydrogens is 418 g/mol. The Bertz CT molecular complexity index is 1020. The molecule has 176 valence electrons. The Morgan fingerprint density at radius 3 is 1.52 bits per heavy atom. The van der Waals surface area contributed by atoms with E-state index in [1.54, 1.807) is 28.4 Å². The molecule has 6 heteroatoms. The highest BCUT2D eigenvalue weighted by Crippen LogP contribution is 2.35. The van der Waals surface area contributed by atoms with Gasteiger partial charge >= 0.3 is 0 Å². The maximum absolute atomic E-state index is 13.4. The van der Waals surface area contributed by atoms with Crippen molar-refractivity contribution in [2.45, 2.75) is 20.8 Å². The van der Waals surface area contributed by atoms with Crippen molar-refractivity contribution in [2.75, 3.05) is 48.1 Å². The lowest BCUT2D eigenvalue weighted by Crippen LogP contribution is -2.37. The molecule has 0 atom stereocenters. The van der Waals surface area contributed by atoms with E-state index in [2.05, 4.69) is 11.8 Å². The predicted molar refractivity (Wildman–Crippen MR) is 132 cm³/mol. The van der Waals surface area contributed by atoms with Crippen LogP contribution in [0, 0.1) is 13.8 Å². The van der Waals surface area contributed by atoms with Crippen LogP contribution in [-0.4, -0.2) is 58.8 Å². The van der Waals surface area contributed by atoms with Crippen LogP contribution in [0.5, 0.6) is 23.0 Å². The number of methoxy groups -OCH3 is 4. The molecule has 0 unspecified atom stereocenters. The van der Waals surface area contributed by atoms with Gasteiger partial charge in [-0.1, -0.05) is 6.92 Å². The fourth-order valence-corrected chi connectivity index (χ4v) is 4.27. The number of likely N-dealkylation sites (tertiary alicyclic amines) is 1. The molecule has 0 amide bonds. The molecule has 0 aliphatic carbocycles. The zero-order valence-electron chi connectivity index (χ0n) is 20.6. The van der Waals surface area contributed by atoms with Crippen LogP contribution < -0.4 is 18.9 Å². The number of piperidine rings is 1. The fraction of sp³-hybridized carbons (Fsp3) is 0.370. The number of hydrogen-bond donors (Lipinski definition) is 0. The van der Waals surface area contributed by atoms with Crippen molar-refractivity contribution >= 4 is 17.9 Å². The molecule has 0 aromatic heterocycles. The Hall–Kier alpha value is -3.25. The minimum Gasteiger partial charge on any atom is -0.493 e. The van der Waals surface area contributed by atoms with Gasteiger partial charge in [0, 0.05) is 24.2 Å². The molecule has 0 spiro atoms. The van der Waals surface area contributed by atoms with Crippen LogP contribution in [0.1, 0.15) is 29.2 Å². The molecule has 1 heterocycles. The third kappa shape index (κ3) is 5.22. The van der Waals surface area contributed by atoms with Gasteiger partial charge < -0.3 is 18.9 Å². The number of rotatable bonds is 7. The van der Waals surface area contributed by atoms with Crippen molar-refractivity contribution in [2.24, 2.45) is 0 Å². The van der Waals surface area contributed by atoms with Crippen LogP contribution in [0.3, 0.4) is 0 Å². The summed E-state index contributed by atoms with van der Waals surface area (Å²) in [5.41, 5.74) is 5.23. The molecule has 1 fully saturated rings. The summed E-state index contributed by atoms with van der Waals surface area (Å²) in [6.45, 7) is 8.09. The number of carbonyl (C=O) groups excluding carboxylic acids is 1. The number of likely N-dealkylation sites (N-methyl/N-ethyl adjacent to an activating group) is 1. The molecule has 6 nitrogen and oxygen atoms in total. The van der Waals surface area contributed by atoms with E-state index in [0.717, 1.165) is 39.9 Å². The Balaban J connectivity index is 2.03. The molecule has 0 radical (unpaired) electrons. The highest BCUT2D eigenvalue weighted by molar-refractivity contribution is 6.14. The van der Waals surface area contributed by atoms with Crippen LogP contribution in [-0.2, 0) is 4.79 Å². The van der Waals surface area contributed by atoms with Crippen molar-refractivity contribution in [3.63, 3.8) is 0 Å². The van der Waals surface area contributed by atoms with Crippen molar-refractivity contribution in [3.05, 3.63) is 57.7 Å². The van der Waals surface area contributed by atoms with E-state index in [9.17, 15) is 4.79 Å². The minimum absolute atomic E-state index is 0.0552. The van der Waals surface area contributed by atoms with Crippen LogP contribution in [0.2, 0.25) is 0 Å². The van der Waals surface area contributed by atoms with Gasteiger partial charge in [-0.25, -0.2) is 0 Å². The first-order valence-electron chi connectivity index (χ1n) is 11.0. The van der Waals surface area contributed by atoms with E-state index in [0.29, 0.717) is 36.1 Å². The highest BCUT2D eigenvalue weighted by Gasteiger charge is 2.25. The molecule has 0 bridgehead atoms. The predicted octanol–water partition coefficient (Wildman–Crippen LogP) is 4.71. The lowest BCUT2D eigenvalue weighted by molar-refractivity contribution is -0.113. The Morgan fingerprint density at radius 2 is 1.18 bits per heavy atom. The second-order valence-corrected chi connectivity index (χ2v) is 8.12. The zero-order valence-corrected chi connectivity index (χ0v) is 20.6. The topological polar surface area (TPSA) is 57.2 Å². The summed E-state index contributed by atoms with van der Waals surface area (Å²) in [5.74, 6) is 2.76. The number of Topliss-reactive ketones (excluding diaryl/α,β-unsaturated/α-hetero) is 1. The van der Waals surface area contributed by atoms with E-state index in [4.69, 9.17) is 18.9 Å². The molecule has 0 saturated carbocycles. The van der Waals surface area contributed by atoms with Crippen molar-refractivity contribution in [3.8, 4) is 23.0 Å². The first-order chi connectivity index (χ1) is 15.8. The van der Waals surface area contributed by atoms with Gasteiger partial charge in [0.2, 0.25) is 0 Å². The first-order valence-corrected chi connectivity index (χ1v) is 11.0. The molecule has 2 aromatic rings. The number of hydrogen-bond acceptors (Lipinski definition) is 6. The van der Waals surface area contributed by atoms with Crippen LogP contribution in [0.15, 0.2) is 35.4 Å². The van der Waals surface area contributed by atoms with Gasteiger partial charge in [-0.15, -0.1) is 0 Å². The van der Waals surface area contributed by atoms with E-state index >= 15 is 0 Å². The fourth-order valence-electron chi connectivity index (χ4n) is 4.27. The first kappa shape index (κ1) is 24.4. The number of ether oxygens (including phenoxy) is 4. The monoisotopic (exact) mass is 451 g/mol. The number of carbonyl (C=O) groups is 1. The van der Waals surface area contributed by atoms with Gasteiger partial charge in [-0.3, -0.25) is 9.69 Å². The minimum atomic E-state index is 0.0552. The normalized spacial score (nSPS) is 16.9. The maximum Gasteiger partial charge on any atom is 0.187 e. The van der Waals surface area contributed by atoms with Gasteiger partial charge in [0.15, 0.2) is 28.8 Å². The second-order valence-electron chi connectivity index (χ2n) is 8.12. The summed E-state index contributed by atoms with van der Waals surface area (Å²) < 4.78 is 21.9. The van der Waals surface area contributed by atoms with Gasteiger partial charge in [0.05, 0.1) is 28.4 Å². The SMILES string of the molecule is CCN1C/C(=C\c2cc(C)c(OC)c(OC)c2)C(=O)/C(=C/c2cc(C)c(OC)c(OC)c2)C1. The largest absolute Gasteiger partial charge is 0.493 e. The number of ketones is 1. The molecule has 33 heavy (non-hydrogen) atoms. The molecule has 2 aromatic carbocycles. The molecule has 3 rings (SSSR count). The smallest absolute Gasteiger partial charge is 0.187 e. The summed E-state index contributed by atoms with van der Waals surface area (Å²) in [5, 5.41) is 0. The van der Waals surface area contributed by atoms with Crippen molar-refractivity contribution in [1.29, 1.82) is 0 Å². The standard InChI is InChI=1S/C27H33NO5/c1-8-28-15-21(11-19-9-17(2)26(32-6)23(13-19)30-4)25(29)22(16-28)12-20-10-18(3)27(33-7)24(14-20)31-5/h9-14H,8,15-16H2,1-7H3/b21-11+,22-12+. The van der Waals surface area contributed by atoms with Crippen LogP contribution in [0.25, 0.3) is 12.2 Å². The summed E-state index contributed by atoms with van der Waals surface area (Å²) in [6.07, 6.45) is 3.90. The summed E-state index contributed by atoms with van der Waals surface area (Å²) >= 11 is 0. The van der Waals surface area contributed by atoms with Gasteiger partial charge in [0.25, 0.3) is 0 Å². The molecule has 0 N–H and O–H groups in total. The van der Waals surface area contributed by atoms with Crippen molar-refractivity contribution in [1.82, 2.24) is 4.90 Å². The van der Waals surface area contributed by atoms with Gasteiger partial charge in [0.1, 0.15) is 0 Å². The van der Waals surface area contributed by atoms with E-state index in [-0.39, 0.29) is 5.78 Å². The summed E-state index contributed by atoms with van der Waals surface area (Å²) in [4.78, 5) is 15.7. The highest BCUT2D eigenvalue weighted by atomic mass is 16.5. The second kappa shape index (κ2) is 10.6. The van der Waals surface area contributed by atoms with Gasteiger partial charge in [-0.2, -0.15) is 0 Å². The Labute approximate surface area is 196 Å². The maximum atomic E-state index is 13.4. The third-order valence-corrected chi connectivity index (χ3v) is 5.87. The molecule has 1 aliphatic heterocycles. The third-order valence-electron chi connectivity index (χ3n) is 5.87. The van der Waals surface area contributed by atoms with Crippen LogP contribution >= 0.6 is 0 Å². The zero-order chi connectivity index (χ0) is 24.1. The van der Waals surface area contributed by atoms with Crippen molar-refractivity contribution < 1.29 is 23.7 Å². The van der Waals surface area contributed by atoms with Gasteiger partial charge in [-0.05, 0) is 79.1 Å². The van der Waals surface area contributed by atoms with E-state index < -0.39 is 0 Å². The molecule has 1 saturated heterocycles. The number of benzene rings is 2. The average Bonchev–Trinajstić information content (AvgIpc) is 2.80. The lowest BCUT2D eigenvalue weighted by Gasteiger charge is -2.28. The lowest BCUT2D eigenvalue weighted by atomic mass is 9.93. The average molecular weight is 452 g/mol. The van der Waals surface area contributed by atoms with Crippen LogP contribution in [0.4, 0.5) is 0 Å². The van der Waals surface area contributed by atoms with E-state index in [1.807, 2.05) is 50.3 Å². The summed E-state index contributed by atoms with van der Waals surface area (Å²) in [6, 6.07) is 7.82. The molecular formula is C27H33NO5. The quantitative estimate of drug-likeness (QED) is 0.569.